The summed E-state index contributed by atoms with van der Waals surface area (Å²) in [5.41, 5.74) is 3.73. The number of nitrogens with zero attached hydrogens (tertiary/aromatic N) is 3. The van der Waals surface area contributed by atoms with E-state index >= 15 is 0 Å². The summed E-state index contributed by atoms with van der Waals surface area (Å²) in [6.07, 6.45) is 7.70. The molecule has 5 heteroatoms. The van der Waals surface area contributed by atoms with E-state index in [2.05, 4.69) is 34.1 Å². The van der Waals surface area contributed by atoms with E-state index in [9.17, 15) is 0 Å². The monoisotopic (exact) mass is 235 g/mol. The van der Waals surface area contributed by atoms with Crippen molar-refractivity contribution in [3.63, 3.8) is 0 Å². The Hall–Kier alpha value is -1.04. The summed E-state index contributed by atoms with van der Waals surface area (Å²) in [6.45, 7) is 6.67. The molecule has 2 heterocycles. The molecule has 5 nitrogen and oxygen atoms in total. The third-order valence-electron chi connectivity index (χ3n) is 3.67. The Balaban J connectivity index is 2.22. The lowest BCUT2D eigenvalue weighted by Crippen LogP contribution is -2.53. The van der Waals surface area contributed by atoms with Crippen LogP contribution in [0.15, 0.2) is 18.6 Å². The smallest absolute Gasteiger partial charge is 0.0825 e. The molecule has 94 valence electrons. The van der Waals surface area contributed by atoms with Crippen molar-refractivity contribution in [2.75, 3.05) is 13.1 Å². The van der Waals surface area contributed by atoms with Crippen LogP contribution in [0.4, 0.5) is 0 Å². The number of likely N-dealkylation sites (tertiary alicyclic amines) is 1. The van der Waals surface area contributed by atoms with E-state index in [-0.39, 0.29) is 11.6 Å². The summed E-state index contributed by atoms with van der Waals surface area (Å²) < 4.78 is 0. The zero-order valence-corrected chi connectivity index (χ0v) is 10.6. The van der Waals surface area contributed by atoms with Crippen molar-refractivity contribution in [3.05, 3.63) is 24.3 Å². The SMILES string of the molecule is CC(C)(C(NN)c1cnccn1)N1CCCC1. The summed E-state index contributed by atoms with van der Waals surface area (Å²) in [5, 5.41) is 0. The molecule has 0 radical (unpaired) electrons. The summed E-state index contributed by atoms with van der Waals surface area (Å²) >= 11 is 0. The molecule has 1 unspecified atom stereocenters. The van der Waals surface area contributed by atoms with Crippen molar-refractivity contribution in [2.45, 2.75) is 38.3 Å². The molecular weight excluding hydrogens is 214 g/mol. The Kier molecular flexibility index (Phi) is 3.71. The molecule has 1 saturated heterocycles. The van der Waals surface area contributed by atoms with Gasteiger partial charge in [-0.05, 0) is 39.8 Å². The molecule has 1 aliphatic rings. The van der Waals surface area contributed by atoms with E-state index < -0.39 is 0 Å². The van der Waals surface area contributed by atoms with Gasteiger partial charge in [0.2, 0.25) is 0 Å². The summed E-state index contributed by atoms with van der Waals surface area (Å²) in [7, 11) is 0. The van der Waals surface area contributed by atoms with Gasteiger partial charge < -0.3 is 0 Å². The van der Waals surface area contributed by atoms with Crippen molar-refractivity contribution in [3.8, 4) is 0 Å². The van der Waals surface area contributed by atoms with E-state index in [1.165, 1.54) is 12.8 Å². The van der Waals surface area contributed by atoms with Gasteiger partial charge in [-0.25, -0.2) is 5.43 Å². The first-order valence-corrected chi connectivity index (χ1v) is 6.13. The first-order chi connectivity index (χ1) is 8.16. The molecule has 3 N–H and O–H groups in total. The highest BCUT2D eigenvalue weighted by molar-refractivity contribution is 5.10. The van der Waals surface area contributed by atoms with Gasteiger partial charge in [0, 0.05) is 17.9 Å². The number of hydrazine groups is 1. The van der Waals surface area contributed by atoms with Crippen LogP contribution in [0.2, 0.25) is 0 Å². The van der Waals surface area contributed by atoms with E-state index in [1.807, 2.05) is 0 Å². The van der Waals surface area contributed by atoms with E-state index in [1.54, 1.807) is 18.6 Å². The molecule has 1 aromatic heterocycles. The molecule has 0 saturated carbocycles. The highest BCUT2D eigenvalue weighted by atomic mass is 15.3. The molecular formula is C12H21N5. The van der Waals surface area contributed by atoms with Gasteiger partial charge in [-0.3, -0.25) is 20.7 Å². The van der Waals surface area contributed by atoms with Crippen LogP contribution in [0, 0.1) is 0 Å². The van der Waals surface area contributed by atoms with Gasteiger partial charge in [0.05, 0.1) is 17.9 Å². The predicted molar refractivity (Wildman–Crippen MR) is 67.0 cm³/mol. The van der Waals surface area contributed by atoms with Crippen molar-refractivity contribution < 1.29 is 0 Å². The molecule has 0 spiro atoms. The Morgan fingerprint density at radius 2 is 2.06 bits per heavy atom. The van der Waals surface area contributed by atoms with Crippen LogP contribution in [0.5, 0.6) is 0 Å². The van der Waals surface area contributed by atoms with Crippen LogP contribution in [-0.4, -0.2) is 33.5 Å². The molecule has 0 amide bonds. The fraction of sp³-hybridized carbons (Fsp3) is 0.667. The van der Waals surface area contributed by atoms with Crippen molar-refractivity contribution in [1.82, 2.24) is 20.3 Å². The first-order valence-electron chi connectivity index (χ1n) is 6.13. The second-order valence-electron chi connectivity index (χ2n) is 5.08. The maximum absolute atomic E-state index is 5.71. The molecule has 0 bridgehead atoms. The normalized spacial score (nSPS) is 19.5. The lowest BCUT2D eigenvalue weighted by molar-refractivity contribution is 0.105. The van der Waals surface area contributed by atoms with Gasteiger partial charge >= 0.3 is 0 Å². The van der Waals surface area contributed by atoms with Crippen LogP contribution in [0.1, 0.15) is 38.4 Å². The number of rotatable bonds is 4. The average molecular weight is 235 g/mol. The minimum Gasteiger partial charge on any atom is -0.296 e. The Morgan fingerprint density at radius 1 is 1.35 bits per heavy atom. The average Bonchev–Trinajstić information content (AvgIpc) is 2.85. The van der Waals surface area contributed by atoms with Crippen LogP contribution in [0.25, 0.3) is 0 Å². The van der Waals surface area contributed by atoms with Gasteiger partial charge in [0.1, 0.15) is 0 Å². The van der Waals surface area contributed by atoms with Crippen molar-refractivity contribution in [1.29, 1.82) is 0 Å². The lowest BCUT2D eigenvalue weighted by Gasteiger charge is -2.41. The Morgan fingerprint density at radius 3 is 2.59 bits per heavy atom. The fourth-order valence-electron chi connectivity index (χ4n) is 2.59. The van der Waals surface area contributed by atoms with Crippen molar-refractivity contribution in [2.24, 2.45) is 5.84 Å². The van der Waals surface area contributed by atoms with Crippen LogP contribution < -0.4 is 11.3 Å². The molecule has 17 heavy (non-hydrogen) atoms. The molecule has 1 atom stereocenters. The largest absolute Gasteiger partial charge is 0.296 e. The standard InChI is InChI=1S/C12H21N5/c1-12(2,17-7-3-4-8-17)11(16-13)10-9-14-5-6-15-10/h5-6,9,11,16H,3-4,7-8,13H2,1-2H3. The highest BCUT2D eigenvalue weighted by Gasteiger charge is 2.37. The zero-order valence-electron chi connectivity index (χ0n) is 10.6. The van der Waals surface area contributed by atoms with Gasteiger partial charge in [0.15, 0.2) is 0 Å². The third-order valence-corrected chi connectivity index (χ3v) is 3.67. The Labute approximate surface area is 102 Å². The minimum atomic E-state index is -0.0543. The van der Waals surface area contributed by atoms with Gasteiger partial charge in [-0.15, -0.1) is 0 Å². The van der Waals surface area contributed by atoms with Crippen LogP contribution in [0.3, 0.4) is 0 Å². The van der Waals surface area contributed by atoms with E-state index in [0.29, 0.717) is 0 Å². The molecule has 1 fully saturated rings. The minimum absolute atomic E-state index is 0.00528. The van der Waals surface area contributed by atoms with Gasteiger partial charge in [0.25, 0.3) is 0 Å². The van der Waals surface area contributed by atoms with Crippen LogP contribution in [-0.2, 0) is 0 Å². The zero-order chi connectivity index (χ0) is 12.3. The maximum atomic E-state index is 5.71. The molecule has 0 aliphatic carbocycles. The highest BCUT2D eigenvalue weighted by Crippen LogP contribution is 2.31. The molecule has 2 rings (SSSR count). The third kappa shape index (κ3) is 2.46. The maximum Gasteiger partial charge on any atom is 0.0825 e. The van der Waals surface area contributed by atoms with E-state index in [4.69, 9.17) is 5.84 Å². The lowest BCUT2D eigenvalue weighted by atomic mass is 9.90. The number of aromatic nitrogens is 2. The molecule has 0 aromatic carbocycles. The predicted octanol–water partition coefficient (Wildman–Crippen LogP) is 0.855. The van der Waals surface area contributed by atoms with Gasteiger partial charge in [-0.1, -0.05) is 0 Å². The molecule has 1 aliphatic heterocycles. The number of nitrogens with one attached hydrogen (secondary N) is 1. The summed E-state index contributed by atoms with van der Waals surface area (Å²) in [6, 6.07) is -0.00528. The topological polar surface area (TPSA) is 67.1 Å². The summed E-state index contributed by atoms with van der Waals surface area (Å²) in [4.78, 5) is 10.9. The number of nitrogens with two attached hydrogens (primary N) is 1. The van der Waals surface area contributed by atoms with Crippen molar-refractivity contribution >= 4 is 0 Å². The fourth-order valence-corrected chi connectivity index (χ4v) is 2.59. The van der Waals surface area contributed by atoms with E-state index in [0.717, 1.165) is 18.8 Å². The Bertz CT molecular complexity index is 345. The first kappa shape index (κ1) is 12.4. The second-order valence-corrected chi connectivity index (χ2v) is 5.08. The van der Waals surface area contributed by atoms with Crippen LogP contribution >= 0.6 is 0 Å². The second kappa shape index (κ2) is 5.08. The summed E-state index contributed by atoms with van der Waals surface area (Å²) in [5.74, 6) is 5.71. The quantitative estimate of drug-likeness (QED) is 0.598. The number of hydrogen-bond acceptors (Lipinski definition) is 5. The molecule has 1 aromatic rings. The van der Waals surface area contributed by atoms with Gasteiger partial charge in [-0.2, -0.15) is 0 Å². The number of hydrogen-bond donors (Lipinski definition) is 2.